The fraction of sp³-hybridized carbons (Fsp3) is 0.154. The molecule has 0 atom stereocenters. The Bertz CT molecular complexity index is 1380. The molecular weight excluding hydrogens is 402 g/mol. The van der Waals surface area contributed by atoms with Crippen molar-refractivity contribution < 1.29 is 9.53 Å². The molecule has 0 aliphatic heterocycles. The first-order chi connectivity index (χ1) is 15.7. The van der Waals surface area contributed by atoms with Crippen LogP contribution in [0.5, 0.6) is 0 Å². The summed E-state index contributed by atoms with van der Waals surface area (Å²) in [6.07, 6.45) is 0.0475. The Hall–Kier alpha value is -4.24. The van der Waals surface area contributed by atoms with Crippen molar-refractivity contribution in [2.75, 3.05) is 13.2 Å². The lowest BCUT2D eigenvalue weighted by molar-refractivity contribution is 0.143. The summed E-state index contributed by atoms with van der Waals surface area (Å²) in [6.45, 7) is 0.688. The van der Waals surface area contributed by atoms with E-state index < -0.39 is 6.09 Å². The van der Waals surface area contributed by atoms with Crippen LogP contribution in [0.1, 0.15) is 29.0 Å². The van der Waals surface area contributed by atoms with E-state index in [-0.39, 0.29) is 11.6 Å². The number of fused-ring (bicyclic) bond motifs is 4. The number of hydrogen-bond donors (Lipinski definition) is 3. The SMILES string of the molecule is O=C(NCCC#Cc1ccc2[nH]c(=O)[nH]c2c1)OCC1c2ccccc2-c2ccccc21. The molecule has 3 N–H and O–H groups in total. The largest absolute Gasteiger partial charge is 0.449 e. The van der Waals surface area contributed by atoms with Crippen LogP contribution < -0.4 is 11.0 Å². The minimum atomic E-state index is -0.444. The molecule has 32 heavy (non-hydrogen) atoms. The molecule has 0 bridgehead atoms. The number of alkyl carbamates (subject to hydrolysis) is 1. The van der Waals surface area contributed by atoms with Crippen molar-refractivity contribution in [2.24, 2.45) is 0 Å². The average Bonchev–Trinajstić information content (AvgIpc) is 3.34. The Labute approximate surface area is 184 Å². The number of aromatic amines is 2. The standard InChI is InChI=1S/C26H21N3O3/c30-25-28-23-13-12-17(15-24(23)29-25)7-5-6-14-27-26(31)32-16-22-20-10-3-1-8-18(20)19-9-2-4-11-21(19)22/h1-4,8-13,15,22H,6,14,16H2,(H,27,31)(H2,28,29,30). The second-order valence-corrected chi connectivity index (χ2v) is 7.64. The Morgan fingerprint density at radius 1 is 0.938 bits per heavy atom. The summed E-state index contributed by atoms with van der Waals surface area (Å²) < 4.78 is 5.52. The smallest absolute Gasteiger partial charge is 0.407 e. The molecule has 1 amide bonds. The maximum Gasteiger partial charge on any atom is 0.407 e. The number of hydrogen-bond acceptors (Lipinski definition) is 3. The van der Waals surface area contributed by atoms with E-state index in [1.165, 1.54) is 22.3 Å². The Morgan fingerprint density at radius 3 is 2.38 bits per heavy atom. The van der Waals surface area contributed by atoms with Crippen LogP contribution >= 0.6 is 0 Å². The number of ether oxygens (including phenoxy) is 1. The van der Waals surface area contributed by atoms with Crippen LogP contribution in [-0.4, -0.2) is 29.2 Å². The summed E-state index contributed by atoms with van der Waals surface area (Å²) in [5.41, 5.74) is 6.81. The number of aromatic nitrogens is 2. The third-order valence-electron chi connectivity index (χ3n) is 5.61. The summed E-state index contributed by atoms with van der Waals surface area (Å²) in [6, 6.07) is 22.0. The Kier molecular flexibility index (Phi) is 5.22. The molecule has 0 unspecified atom stereocenters. The molecule has 158 valence electrons. The molecule has 0 fully saturated rings. The van der Waals surface area contributed by atoms with Crippen molar-refractivity contribution in [3.63, 3.8) is 0 Å². The Balaban J connectivity index is 1.14. The van der Waals surface area contributed by atoms with Gasteiger partial charge in [0.25, 0.3) is 0 Å². The van der Waals surface area contributed by atoms with Crippen molar-refractivity contribution in [1.82, 2.24) is 15.3 Å². The topological polar surface area (TPSA) is 87.0 Å². The number of rotatable bonds is 4. The zero-order valence-corrected chi connectivity index (χ0v) is 17.3. The van der Waals surface area contributed by atoms with Gasteiger partial charge in [-0.2, -0.15) is 0 Å². The number of H-pyrrole nitrogens is 2. The van der Waals surface area contributed by atoms with Gasteiger partial charge in [0.05, 0.1) is 11.0 Å². The van der Waals surface area contributed by atoms with E-state index in [2.05, 4.69) is 51.4 Å². The molecule has 1 aliphatic carbocycles. The van der Waals surface area contributed by atoms with Gasteiger partial charge in [0.15, 0.2) is 0 Å². The normalized spacial score (nSPS) is 12.0. The molecule has 1 aromatic heterocycles. The van der Waals surface area contributed by atoms with Gasteiger partial charge in [-0.05, 0) is 40.5 Å². The number of imidazole rings is 1. The molecule has 0 radical (unpaired) electrons. The first-order valence-electron chi connectivity index (χ1n) is 10.5. The number of amides is 1. The molecule has 6 nitrogen and oxygen atoms in total. The van der Waals surface area contributed by atoms with Crippen LogP contribution in [0.25, 0.3) is 22.2 Å². The zero-order chi connectivity index (χ0) is 21.9. The van der Waals surface area contributed by atoms with E-state index in [0.29, 0.717) is 19.6 Å². The van der Waals surface area contributed by atoms with E-state index in [9.17, 15) is 9.59 Å². The van der Waals surface area contributed by atoms with Crippen molar-refractivity contribution in [1.29, 1.82) is 0 Å². The highest BCUT2D eigenvalue weighted by Crippen LogP contribution is 2.44. The molecule has 0 saturated carbocycles. The Morgan fingerprint density at radius 2 is 1.62 bits per heavy atom. The summed E-state index contributed by atoms with van der Waals surface area (Å²) in [5, 5.41) is 2.76. The molecule has 3 aromatic carbocycles. The van der Waals surface area contributed by atoms with Gasteiger partial charge in [-0.1, -0.05) is 60.4 Å². The van der Waals surface area contributed by atoms with Crippen molar-refractivity contribution in [2.45, 2.75) is 12.3 Å². The van der Waals surface area contributed by atoms with E-state index >= 15 is 0 Å². The average molecular weight is 423 g/mol. The maximum atomic E-state index is 12.2. The van der Waals surface area contributed by atoms with Crippen LogP contribution in [0.4, 0.5) is 4.79 Å². The van der Waals surface area contributed by atoms with Crippen LogP contribution in [0.15, 0.2) is 71.5 Å². The van der Waals surface area contributed by atoms with E-state index in [1.807, 2.05) is 42.5 Å². The predicted octanol–water partition coefficient (Wildman–Crippen LogP) is 4.14. The number of benzene rings is 3. The summed E-state index contributed by atoms with van der Waals surface area (Å²) in [7, 11) is 0. The molecule has 1 aliphatic rings. The van der Waals surface area contributed by atoms with Gasteiger partial charge in [0.2, 0.25) is 0 Å². The van der Waals surface area contributed by atoms with Crippen molar-refractivity contribution in [3.05, 3.63) is 93.9 Å². The van der Waals surface area contributed by atoms with Gasteiger partial charge in [-0.25, -0.2) is 9.59 Å². The van der Waals surface area contributed by atoms with Gasteiger partial charge < -0.3 is 20.0 Å². The lowest BCUT2D eigenvalue weighted by Crippen LogP contribution is -2.26. The highest BCUT2D eigenvalue weighted by Gasteiger charge is 2.28. The highest BCUT2D eigenvalue weighted by atomic mass is 16.5. The third kappa shape index (κ3) is 3.88. The second kappa shape index (κ2) is 8.48. The fourth-order valence-corrected chi connectivity index (χ4v) is 4.15. The molecule has 1 heterocycles. The molecule has 0 saturated heterocycles. The minimum Gasteiger partial charge on any atom is -0.449 e. The number of carbonyl (C=O) groups is 1. The lowest BCUT2D eigenvalue weighted by atomic mass is 9.98. The van der Waals surface area contributed by atoms with Gasteiger partial charge in [-0.3, -0.25) is 0 Å². The van der Waals surface area contributed by atoms with E-state index in [4.69, 9.17) is 4.74 Å². The van der Waals surface area contributed by atoms with E-state index in [1.54, 1.807) is 0 Å². The maximum absolute atomic E-state index is 12.2. The molecule has 6 heteroatoms. The van der Waals surface area contributed by atoms with Crippen LogP contribution in [0.3, 0.4) is 0 Å². The first-order valence-corrected chi connectivity index (χ1v) is 10.5. The first kappa shape index (κ1) is 19.7. The highest BCUT2D eigenvalue weighted by molar-refractivity contribution is 5.79. The second-order valence-electron chi connectivity index (χ2n) is 7.64. The third-order valence-corrected chi connectivity index (χ3v) is 5.61. The van der Waals surface area contributed by atoms with Crippen LogP contribution in [-0.2, 0) is 4.74 Å². The van der Waals surface area contributed by atoms with Gasteiger partial charge >= 0.3 is 11.8 Å². The monoisotopic (exact) mass is 423 g/mol. The molecular formula is C26H21N3O3. The minimum absolute atomic E-state index is 0.0442. The van der Waals surface area contributed by atoms with Crippen LogP contribution in [0.2, 0.25) is 0 Å². The van der Waals surface area contributed by atoms with E-state index in [0.717, 1.165) is 16.6 Å². The molecule has 4 aromatic rings. The predicted molar refractivity (Wildman–Crippen MR) is 123 cm³/mol. The number of nitrogens with one attached hydrogen (secondary N) is 3. The summed E-state index contributed by atoms with van der Waals surface area (Å²) in [4.78, 5) is 28.9. The lowest BCUT2D eigenvalue weighted by Gasteiger charge is -2.14. The molecule has 0 spiro atoms. The summed E-state index contributed by atoms with van der Waals surface area (Å²) in [5.74, 6) is 6.11. The van der Waals surface area contributed by atoms with Gasteiger partial charge in [-0.15, -0.1) is 0 Å². The van der Waals surface area contributed by atoms with Crippen LogP contribution in [0, 0.1) is 11.8 Å². The quantitative estimate of drug-likeness (QED) is 0.341. The summed E-state index contributed by atoms with van der Waals surface area (Å²) >= 11 is 0. The van der Waals surface area contributed by atoms with Gasteiger partial charge in [0.1, 0.15) is 6.61 Å². The van der Waals surface area contributed by atoms with Crippen molar-refractivity contribution in [3.8, 4) is 23.0 Å². The fourth-order valence-electron chi connectivity index (χ4n) is 4.15. The zero-order valence-electron chi connectivity index (χ0n) is 17.3. The van der Waals surface area contributed by atoms with Crippen molar-refractivity contribution >= 4 is 17.1 Å². The van der Waals surface area contributed by atoms with Gasteiger partial charge in [0, 0.05) is 24.4 Å². The molecule has 5 rings (SSSR count). The number of carbonyl (C=O) groups excluding carboxylic acids is 1.